The Balaban J connectivity index is 1.71. The van der Waals surface area contributed by atoms with Gasteiger partial charge in [0.25, 0.3) is 0 Å². The van der Waals surface area contributed by atoms with Gasteiger partial charge in [-0.25, -0.2) is 0 Å². The maximum absolute atomic E-state index is 12.9. The Morgan fingerprint density at radius 3 is 2.93 bits per heavy atom. The number of hydrogen-bond donors (Lipinski definition) is 2. The van der Waals surface area contributed by atoms with Crippen LogP contribution in [0, 0.1) is 11.8 Å². The molecule has 2 aromatic rings. The van der Waals surface area contributed by atoms with E-state index in [2.05, 4.69) is 60.0 Å². The van der Waals surface area contributed by atoms with Gasteiger partial charge in [-0.15, -0.1) is 6.58 Å². The number of nitrogens with zero attached hydrogens (tertiary/aromatic N) is 1. The third-order valence-corrected chi connectivity index (χ3v) is 5.83. The van der Waals surface area contributed by atoms with E-state index in [4.69, 9.17) is 0 Å². The molecular weight excluding hydrogens is 334 g/mol. The Labute approximate surface area is 162 Å². The van der Waals surface area contributed by atoms with Crippen molar-refractivity contribution in [3.05, 3.63) is 48.2 Å². The van der Waals surface area contributed by atoms with E-state index in [1.165, 1.54) is 34.9 Å². The highest BCUT2D eigenvalue weighted by Crippen LogP contribution is 2.36. The number of benzene rings is 1. The molecule has 0 bridgehead atoms. The summed E-state index contributed by atoms with van der Waals surface area (Å²) in [5.41, 5.74) is 3.85. The van der Waals surface area contributed by atoms with Gasteiger partial charge in [-0.3, -0.25) is 10.1 Å². The quantitative estimate of drug-likeness (QED) is 0.730. The van der Waals surface area contributed by atoms with Crippen LogP contribution in [0.15, 0.2) is 37.1 Å². The lowest BCUT2D eigenvalue weighted by atomic mass is 9.94. The first-order chi connectivity index (χ1) is 13.1. The van der Waals surface area contributed by atoms with Crippen LogP contribution in [0.3, 0.4) is 0 Å². The Hall–Kier alpha value is -2.07. The van der Waals surface area contributed by atoms with Crippen LogP contribution in [-0.4, -0.2) is 23.1 Å². The number of allylic oxidation sites excluding steroid dienone is 1. The molecule has 2 atom stereocenters. The SMILES string of the molecule is C=CCn1cc2c3c(cccc31)[C@H](CC(C)C)N[C@H](C(=O)NCC1CC1)C2. The van der Waals surface area contributed by atoms with Gasteiger partial charge >= 0.3 is 0 Å². The summed E-state index contributed by atoms with van der Waals surface area (Å²) in [6.45, 7) is 10.0. The number of rotatable bonds is 7. The Morgan fingerprint density at radius 1 is 1.41 bits per heavy atom. The monoisotopic (exact) mass is 365 g/mol. The molecule has 1 saturated carbocycles. The third-order valence-electron chi connectivity index (χ3n) is 5.83. The first-order valence-electron chi connectivity index (χ1n) is 10.3. The summed E-state index contributed by atoms with van der Waals surface area (Å²) in [4.78, 5) is 12.9. The predicted octanol–water partition coefficient (Wildman–Crippen LogP) is 3.96. The smallest absolute Gasteiger partial charge is 0.237 e. The number of hydrogen-bond acceptors (Lipinski definition) is 2. The lowest BCUT2D eigenvalue weighted by molar-refractivity contribution is -0.123. The molecule has 1 aliphatic carbocycles. The van der Waals surface area contributed by atoms with Gasteiger partial charge in [-0.1, -0.05) is 32.1 Å². The fraction of sp³-hybridized carbons (Fsp3) is 0.522. The molecule has 0 unspecified atom stereocenters. The maximum Gasteiger partial charge on any atom is 0.237 e. The fourth-order valence-corrected chi connectivity index (χ4v) is 4.34. The second-order valence-electron chi connectivity index (χ2n) is 8.63. The number of carbonyl (C=O) groups excluding carboxylic acids is 1. The summed E-state index contributed by atoms with van der Waals surface area (Å²) in [6.07, 6.45) is 8.43. The molecule has 4 heteroatoms. The minimum atomic E-state index is -0.178. The minimum absolute atomic E-state index is 0.146. The largest absolute Gasteiger partial charge is 0.354 e. The molecule has 0 spiro atoms. The van der Waals surface area contributed by atoms with Gasteiger partial charge < -0.3 is 9.88 Å². The van der Waals surface area contributed by atoms with Crippen molar-refractivity contribution in [1.29, 1.82) is 0 Å². The fourth-order valence-electron chi connectivity index (χ4n) is 4.34. The molecular formula is C23H31N3O. The zero-order chi connectivity index (χ0) is 19.0. The van der Waals surface area contributed by atoms with E-state index in [0.29, 0.717) is 11.8 Å². The van der Waals surface area contributed by atoms with E-state index in [0.717, 1.165) is 25.9 Å². The van der Waals surface area contributed by atoms with Gasteiger partial charge in [0, 0.05) is 36.2 Å². The summed E-state index contributed by atoms with van der Waals surface area (Å²) in [6, 6.07) is 6.58. The Bertz CT molecular complexity index is 847. The highest BCUT2D eigenvalue weighted by atomic mass is 16.2. The molecule has 2 heterocycles. The van der Waals surface area contributed by atoms with Crippen molar-refractivity contribution < 1.29 is 4.79 Å². The van der Waals surface area contributed by atoms with Crippen molar-refractivity contribution in [3.8, 4) is 0 Å². The molecule has 1 amide bonds. The van der Waals surface area contributed by atoms with E-state index in [1.807, 2.05) is 6.08 Å². The molecule has 4 nitrogen and oxygen atoms in total. The highest BCUT2D eigenvalue weighted by Gasteiger charge is 2.31. The average molecular weight is 366 g/mol. The lowest BCUT2D eigenvalue weighted by Crippen LogP contribution is -2.46. The first-order valence-corrected chi connectivity index (χ1v) is 10.3. The van der Waals surface area contributed by atoms with E-state index >= 15 is 0 Å². The maximum atomic E-state index is 12.9. The second-order valence-corrected chi connectivity index (χ2v) is 8.63. The third kappa shape index (κ3) is 3.81. The summed E-state index contributed by atoms with van der Waals surface area (Å²) in [7, 11) is 0. The number of aromatic nitrogens is 1. The average Bonchev–Trinajstić information content (AvgIpc) is 3.42. The molecule has 0 saturated heterocycles. The van der Waals surface area contributed by atoms with Gasteiger partial charge in [0.2, 0.25) is 5.91 Å². The zero-order valence-corrected chi connectivity index (χ0v) is 16.5. The van der Waals surface area contributed by atoms with Crippen LogP contribution in [0.5, 0.6) is 0 Å². The van der Waals surface area contributed by atoms with Gasteiger partial charge in [0.05, 0.1) is 6.04 Å². The summed E-state index contributed by atoms with van der Waals surface area (Å²) in [5.74, 6) is 1.40. The molecule has 1 aromatic carbocycles. The molecule has 2 aliphatic rings. The topological polar surface area (TPSA) is 46.1 Å². The molecule has 1 aliphatic heterocycles. The molecule has 1 aromatic heterocycles. The number of nitrogens with one attached hydrogen (secondary N) is 2. The predicted molar refractivity (Wildman–Crippen MR) is 111 cm³/mol. The summed E-state index contributed by atoms with van der Waals surface area (Å²) < 4.78 is 2.26. The van der Waals surface area contributed by atoms with Gasteiger partial charge in [-0.2, -0.15) is 0 Å². The normalized spacial score (nSPS) is 22.0. The van der Waals surface area contributed by atoms with E-state index in [9.17, 15) is 4.79 Å². The molecule has 1 fully saturated rings. The van der Waals surface area contributed by atoms with Crippen molar-refractivity contribution in [2.75, 3.05) is 6.54 Å². The molecule has 4 rings (SSSR count). The van der Waals surface area contributed by atoms with Crippen molar-refractivity contribution in [2.24, 2.45) is 11.8 Å². The summed E-state index contributed by atoms with van der Waals surface area (Å²) in [5, 5.41) is 8.21. The van der Waals surface area contributed by atoms with Crippen molar-refractivity contribution >= 4 is 16.8 Å². The standard InChI is InChI=1S/C23H31N3O/c1-4-10-26-14-17-12-20(23(27)24-13-16-8-9-16)25-19(11-15(2)3)18-6-5-7-21(26)22(17)18/h4-7,14-16,19-20,25H,1,8-13H2,2-3H3,(H,24,27)/t19-,20-/m0/s1. The van der Waals surface area contributed by atoms with Gasteiger partial charge in [0.1, 0.15) is 0 Å². The van der Waals surface area contributed by atoms with E-state index < -0.39 is 0 Å². The first kappa shape index (κ1) is 18.3. The van der Waals surface area contributed by atoms with Crippen LogP contribution in [-0.2, 0) is 17.8 Å². The van der Waals surface area contributed by atoms with Crippen LogP contribution in [0.2, 0.25) is 0 Å². The lowest BCUT2D eigenvalue weighted by Gasteiger charge is -2.25. The van der Waals surface area contributed by atoms with Crippen LogP contribution in [0.1, 0.15) is 50.3 Å². The number of amides is 1. The minimum Gasteiger partial charge on any atom is -0.354 e. The van der Waals surface area contributed by atoms with Crippen molar-refractivity contribution in [3.63, 3.8) is 0 Å². The van der Waals surface area contributed by atoms with Crippen LogP contribution in [0.4, 0.5) is 0 Å². The number of carbonyl (C=O) groups is 1. The Morgan fingerprint density at radius 2 is 2.22 bits per heavy atom. The second kappa shape index (κ2) is 7.51. The van der Waals surface area contributed by atoms with Gasteiger partial charge in [0.15, 0.2) is 0 Å². The van der Waals surface area contributed by atoms with Crippen LogP contribution < -0.4 is 10.6 Å². The van der Waals surface area contributed by atoms with E-state index in [1.54, 1.807) is 0 Å². The van der Waals surface area contributed by atoms with Crippen LogP contribution in [0.25, 0.3) is 10.9 Å². The van der Waals surface area contributed by atoms with Crippen molar-refractivity contribution in [2.45, 2.75) is 58.2 Å². The molecule has 27 heavy (non-hydrogen) atoms. The van der Waals surface area contributed by atoms with E-state index in [-0.39, 0.29) is 18.0 Å². The molecule has 2 N–H and O–H groups in total. The Kier molecular flexibility index (Phi) is 5.09. The van der Waals surface area contributed by atoms with Gasteiger partial charge in [-0.05, 0) is 54.7 Å². The van der Waals surface area contributed by atoms with Crippen molar-refractivity contribution in [1.82, 2.24) is 15.2 Å². The molecule has 144 valence electrons. The zero-order valence-electron chi connectivity index (χ0n) is 16.5. The summed E-state index contributed by atoms with van der Waals surface area (Å²) >= 11 is 0. The highest BCUT2D eigenvalue weighted by molar-refractivity contribution is 5.90. The van der Waals surface area contributed by atoms with Crippen LogP contribution >= 0.6 is 0 Å². The molecule has 0 radical (unpaired) electrons.